The molecule has 1 saturated heterocycles. The highest BCUT2D eigenvalue weighted by molar-refractivity contribution is 5.96. The molecular weight excluding hydrogens is 342 g/mol. The van der Waals surface area contributed by atoms with Gasteiger partial charge in [-0.3, -0.25) is 14.3 Å². The number of hydrogen-bond donors (Lipinski definition) is 0. The molecule has 0 N–H and O–H groups in total. The highest BCUT2D eigenvalue weighted by Crippen LogP contribution is 2.27. The lowest BCUT2D eigenvalue weighted by molar-refractivity contribution is -0.133. The summed E-state index contributed by atoms with van der Waals surface area (Å²) in [5.74, 6) is 0.547. The monoisotopic (exact) mass is 369 g/mol. The Morgan fingerprint density at radius 3 is 2.52 bits per heavy atom. The van der Waals surface area contributed by atoms with E-state index in [1.54, 1.807) is 19.4 Å². The van der Waals surface area contributed by atoms with E-state index in [4.69, 9.17) is 0 Å². The molecule has 144 valence electrons. The minimum absolute atomic E-state index is 0.0153. The number of carbonyl (C=O) groups is 2. The van der Waals surface area contributed by atoms with Gasteiger partial charge in [-0.25, -0.2) is 9.97 Å². The molecule has 1 unspecified atom stereocenters. The molecule has 0 aliphatic carbocycles. The van der Waals surface area contributed by atoms with Gasteiger partial charge in [0.05, 0.1) is 17.3 Å². The lowest BCUT2D eigenvalue weighted by Gasteiger charge is -2.32. The van der Waals surface area contributed by atoms with Crippen molar-refractivity contribution in [3.63, 3.8) is 0 Å². The molecule has 0 spiro atoms. The fourth-order valence-electron chi connectivity index (χ4n) is 4.04. The van der Waals surface area contributed by atoms with Crippen LogP contribution in [0.1, 0.15) is 72.5 Å². The van der Waals surface area contributed by atoms with Crippen LogP contribution in [-0.2, 0) is 4.79 Å². The highest BCUT2D eigenvalue weighted by Gasteiger charge is 2.27. The zero-order valence-electron chi connectivity index (χ0n) is 16.5. The summed E-state index contributed by atoms with van der Waals surface area (Å²) >= 11 is 0. The van der Waals surface area contributed by atoms with Crippen LogP contribution in [0.2, 0.25) is 0 Å². The van der Waals surface area contributed by atoms with Gasteiger partial charge in [-0.15, -0.1) is 0 Å². The van der Waals surface area contributed by atoms with Crippen molar-refractivity contribution >= 4 is 11.7 Å². The third-order valence-electron chi connectivity index (χ3n) is 5.44. The second kappa shape index (κ2) is 7.98. The van der Waals surface area contributed by atoms with Crippen molar-refractivity contribution in [1.29, 1.82) is 0 Å². The number of ketones is 1. The van der Waals surface area contributed by atoms with Crippen molar-refractivity contribution in [2.45, 2.75) is 58.9 Å². The molecule has 0 saturated carbocycles. The van der Waals surface area contributed by atoms with Gasteiger partial charge in [0.25, 0.3) is 0 Å². The average molecular weight is 369 g/mol. The maximum atomic E-state index is 12.8. The Bertz CT molecular complexity index is 822. The van der Waals surface area contributed by atoms with Crippen LogP contribution in [0.25, 0.3) is 0 Å². The van der Waals surface area contributed by atoms with Crippen LogP contribution < -0.4 is 0 Å². The SMILES string of the molecule is CC(=O)c1c(C)nn(C(C)CC(=O)N2CCC(c3ccncn3)CC2)c1C. The van der Waals surface area contributed by atoms with E-state index in [1.165, 1.54) is 0 Å². The first-order chi connectivity index (χ1) is 12.9. The van der Waals surface area contributed by atoms with Crippen molar-refractivity contribution in [1.82, 2.24) is 24.6 Å². The van der Waals surface area contributed by atoms with Gasteiger partial charge in [-0.05, 0) is 46.6 Å². The summed E-state index contributed by atoms with van der Waals surface area (Å²) in [4.78, 5) is 34.8. The molecule has 2 aromatic rings. The van der Waals surface area contributed by atoms with E-state index in [2.05, 4.69) is 15.1 Å². The normalized spacial score (nSPS) is 16.4. The molecule has 2 aromatic heterocycles. The molecule has 0 radical (unpaired) electrons. The zero-order valence-corrected chi connectivity index (χ0v) is 16.5. The Morgan fingerprint density at radius 2 is 1.96 bits per heavy atom. The molecule has 27 heavy (non-hydrogen) atoms. The molecule has 0 aromatic carbocycles. The van der Waals surface area contributed by atoms with Gasteiger partial charge in [0, 0.05) is 43.0 Å². The summed E-state index contributed by atoms with van der Waals surface area (Å²) in [6.45, 7) is 8.76. The summed E-state index contributed by atoms with van der Waals surface area (Å²) in [6, 6.07) is 1.88. The van der Waals surface area contributed by atoms with Gasteiger partial charge in [0.1, 0.15) is 6.33 Å². The fraction of sp³-hybridized carbons (Fsp3) is 0.550. The van der Waals surface area contributed by atoms with Crippen molar-refractivity contribution in [3.8, 4) is 0 Å². The zero-order chi connectivity index (χ0) is 19.6. The van der Waals surface area contributed by atoms with Gasteiger partial charge in [-0.1, -0.05) is 0 Å². The van der Waals surface area contributed by atoms with Crippen molar-refractivity contribution in [2.75, 3.05) is 13.1 Å². The molecule has 7 nitrogen and oxygen atoms in total. The number of rotatable bonds is 5. The molecule has 3 heterocycles. The van der Waals surface area contributed by atoms with E-state index in [0.717, 1.165) is 43.0 Å². The summed E-state index contributed by atoms with van der Waals surface area (Å²) in [7, 11) is 0. The minimum Gasteiger partial charge on any atom is -0.343 e. The molecule has 1 atom stereocenters. The number of amides is 1. The van der Waals surface area contributed by atoms with Crippen LogP contribution in [0.4, 0.5) is 0 Å². The molecule has 1 fully saturated rings. The Balaban J connectivity index is 1.60. The third-order valence-corrected chi connectivity index (χ3v) is 5.44. The van der Waals surface area contributed by atoms with Gasteiger partial charge in [-0.2, -0.15) is 5.10 Å². The molecule has 0 bridgehead atoms. The topological polar surface area (TPSA) is 81.0 Å². The minimum atomic E-state index is -0.0797. The van der Waals surface area contributed by atoms with E-state index in [0.29, 0.717) is 17.9 Å². The molecule has 7 heteroatoms. The first-order valence-electron chi connectivity index (χ1n) is 9.48. The highest BCUT2D eigenvalue weighted by atomic mass is 16.2. The Kier molecular flexibility index (Phi) is 5.68. The molecule has 1 amide bonds. The van der Waals surface area contributed by atoms with Gasteiger partial charge < -0.3 is 4.90 Å². The second-order valence-corrected chi connectivity index (χ2v) is 7.39. The number of Topliss-reactive ketones (excluding diaryl/α,β-unsaturated/α-hetero) is 1. The van der Waals surface area contributed by atoms with Crippen molar-refractivity contribution in [3.05, 3.63) is 41.2 Å². The number of carbonyl (C=O) groups excluding carboxylic acids is 2. The Morgan fingerprint density at radius 1 is 1.26 bits per heavy atom. The van der Waals surface area contributed by atoms with Crippen LogP contribution in [0.5, 0.6) is 0 Å². The van der Waals surface area contributed by atoms with Crippen LogP contribution in [0.15, 0.2) is 18.6 Å². The smallest absolute Gasteiger partial charge is 0.224 e. The first kappa shape index (κ1) is 19.2. The number of hydrogen-bond acceptors (Lipinski definition) is 5. The van der Waals surface area contributed by atoms with Gasteiger partial charge in [0.15, 0.2) is 5.78 Å². The van der Waals surface area contributed by atoms with Crippen molar-refractivity contribution in [2.24, 2.45) is 0 Å². The lowest BCUT2D eigenvalue weighted by Crippen LogP contribution is -2.39. The molecule has 1 aliphatic rings. The van der Waals surface area contributed by atoms with Crippen LogP contribution in [-0.4, -0.2) is 49.4 Å². The van der Waals surface area contributed by atoms with Crippen molar-refractivity contribution < 1.29 is 9.59 Å². The van der Waals surface area contributed by atoms with Crippen LogP contribution in [0, 0.1) is 13.8 Å². The average Bonchev–Trinajstić information content (AvgIpc) is 2.97. The summed E-state index contributed by atoms with van der Waals surface area (Å²) in [5, 5.41) is 4.49. The van der Waals surface area contributed by atoms with E-state index in [9.17, 15) is 9.59 Å². The number of nitrogens with zero attached hydrogens (tertiary/aromatic N) is 5. The second-order valence-electron chi connectivity index (χ2n) is 7.39. The summed E-state index contributed by atoms with van der Waals surface area (Å²) < 4.78 is 1.82. The molecule has 1 aliphatic heterocycles. The quantitative estimate of drug-likeness (QED) is 0.757. The largest absolute Gasteiger partial charge is 0.343 e. The lowest BCUT2D eigenvalue weighted by atomic mass is 9.93. The van der Waals surface area contributed by atoms with E-state index < -0.39 is 0 Å². The van der Waals surface area contributed by atoms with Crippen LogP contribution in [0.3, 0.4) is 0 Å². The van der Waals surface area contributed by atoms with Gasteiger partial charge in [0.2, 0.25) is 5.91 Å². The number of likely N-dealkylation sites (tertiary alicyclic amines) is 1. The van der Waals surface area contributed by atoms with Gasteiger partial charge >= 0.3 is 0 Å². The third kappa shape index (κ3) is 4.07. The number of aryl methyl sites for hydroxylation is 1. The predicted molar refractivity (Wildman–Crippen MR) is 102 cm³/mol. The number of piperidine rings is 1. The van der Waals surface area contributed by atoms with E-state index in [1.807, 2.05) is 36.4 Å². The molecular formula is C20H27N5O2. The Labute approximate surface area is 159 Å². The molecule has 3 rings (SSSR count). The Hall–Kier alpha value is -2.57. The number of aromatic nitrogens is 4. The first-order valence-corrected chi connectivity index (χ1v) is 9.48. The standard InChI is InChI=1S/C20H27N5O2/c1-13(25-15(3)20(16(4)26)14(2)23-25)11-19(27)24-9-6-17(7-10-24)18-5-8-21-12-22-18/h5,8,12-13,17H,6-7,9-11H2,1-4H3. The maximum Gasteiger partial charge on any atom is 0.224 e. The van der Waals surface area contributed by atoms with Crippen LogP contribution >= 0.6 is 0 Å². The van der Waals surface area contributed by atoms with E-state index >= 15 is 0 Å². The summed E-state index contributed by atoms with van der Waals surface area (Å²) in [5.41, 5.74) is 3.29. The summed E-state index contributed by atoms with van der Waals surface area (Å²) in [6.07, 6.45) is 5.58. The predicted octanol–water partition coefficient (Wildman–Crippen LogP) is 2.85. The fourth-order valence-corrected chi connectivity index (χ4v) is 4.04. The maximum absolute atomic E-state index is 12.8. The van der Waals surface area contributed by atoms with E-state index in [-0.39, 0.29) is 17.7 Å².